The Bertz CT molecular complexity index is 2580. The van der Waals surface area contributed by atoms with Gasteiger partial charge < -0.3 is 8.83 Å². The van der Waals surface area contributed by atoms with Crippen LogP contribution in [0.3, 0.4) is 0 Å². The van der Waals surface area contributed by atoms with Crippen molar-refractivity contribution in [2.45, 2.75) is 0 Å². The van der Waals surface area contributed by atoms with Crippen molar-refractivity contribution in [3.05, 3.63) is 146 Å². The van der Waals surface area contributed by atoms with Crippen LogP contribution in [0.4, 0.5) is 0 Å². The van der Waals surface area contributed by atoms with Crippen LogP contribution < -0.4 is 0 Å². The lowest BCUT2D eigenvalue weighted by molar-refractivity contribution is 0.632. The van der Waals surface area contributed by atoms with Gasteiger partial charge in [0.15, 0.2) is 0 Å². The molecule has 0 aliphatic carbocycles. The first-order valence-electron chi connectivity index (χ1n) is 15.0. The lowest BCUT2D eigenvalue weighted by Crippen LogP contribution is -1.81. The molecule has 10 aromatic rings. The number of hydrogen-bond acceptors (Lipinski definition) is 2. The van der Waals surface area contributed by atoms with Crippen molar-refractivity contribution in [2.24, 2.45) is 0 Å². The molecule has 2 aromatic heterocycles. The van der Waals surface area contributed by atoms with Crippen molar-refractivity contribution < 1.29 is 8.83 Å². The molecule has 0 bridgehead atoms. The third-order valence-corrected chi connectivity index (χ3v) is 9.17. The SMILES string of the molecule is c1ccc2cc(-c3cc4cc5c(ccc6c7cc8cc(-c9ccc%10ccccc%10c9)oc8cc7ccc56)cc4o3)ccc2c1. The summed E-state index contributed by atoms with van der Waals surface area (Å²) >= 11 is 0. The van der Waals surface area contributed by atoms with E-state index in [1.807, 2.05) is 0 Å². The Morgan fingerprint density at radius 1 is 0.273 bits per heavy atom. The molecule has 204 valence electrons. The summed E-state index contributed by atoms with van der Waals surface area (Å²) in [6.45, 7) is 0. The van der Waals surface area contributed by atoms with E-state index in [0.29, 0.717) is 0 Å². The monoisotopic (exact) mass is 560 g/mol. The lowest BCUT2D eigenvalue weighted by Gasteiger charge is -2.08. The van der Waals surface area contributed by atoms with Gasteiger partial charge in [-0.1, -0.05) is 97.1 Å². The summed E-state index contributed by atoms with van der Waals surface area (Å²) in [7, 11) is 0. The molecular formula is C42H24O2. The second-order valence-electron chi connectivity index (χ2n) is 11.8. The second kappa shape index (κ2) is 8.82. The van der Waals surface area contributed by atoms with Gasteiger partial charge >= 0.3 is 0 Å². The van der Waals surface area contributed by atoms with Gasteiger partial charge in [0.1, 0.15) is 22.7 Å². The number of rotatable bonds is 2. The molecule has 2 nitrogen and oxygen atoms in total. The van der Waals surface area contributed by atoms with Gasteiger partial charge in [0.05, 0.1) is 0 Å². The van der Waals surface area contributed by atoms with Crippen LogP contribution >= 0.6 is 0 Å². The van der Waals surface area contributed by atoms with Crippen LogP contribution in [0.25, 0.3) is 98.4 Å². The van der Waals surface area contributed by atoms with Gasteiger partial charge in [-0.3, -0.25) is 0 Å². The fraction of sp³-hybridized carbons (Fsp3) is 0. The summed E-state index contributed by atoms with van der Waals surface area (Å²) in [5.41, 5.74) is 3.99. The zero-order chi connectivity index (χ0) is 28.8. The minimum atomic E-state index is 0.889. The summed E-state index contributed by atoms with van der Waals surface area (Å²) in [4.78, 5) is 0. The highest BCUT2D eigenvalue weighted by Gasteiger charge is 2.13. The minimum Gasteiger partial charge on any atom is -0.456 e. The van der Waals surface area contributed by atoms with E-state index in [4.69, 9.17) is 8.83 Å². The highest BCUT2D eigenvalue weighted by atomic mass is 16.3. The molecule has 0 fully saturated rings. The Morgan fingerprint density at radius 3 is 1.18 bits per heavy atom. The van der Waals surface area contributed by atoms with Crippen LogP contribution in [0.2, 0.25) is 0 Å². The summed E-state index contributed by atoms with van der Waals surface area (Å²) in [5, 5.41) is 14.4. The Kier molecular flexibility index (Phi) is 4.75. The third-order valence-electron chi connectivity index (χ3n) is 9.17. The summed E-state index contributed by atoms with van der Waals surface area (Å²) in [6.07, 6.45) is 0. The van der Waals surface area contributed by atoms with E-state index in [1.54, 1.807) is 0 Å². The average molecular weight is 561 g/mol. The zero-order valence-electron chi connectivity index (χ0n) is 23.7. The molecule has 0 atom stereocenters. The molecule has 0 aliphatic rings. The summed E-state index contributed by atoms with van der Waals surface area (Å²) in [6, 6.07) is 52.1. The number of hydrogen-bond donors (Lipinski definition) is 0. The van der Waals surface area contributed by atoms with Crippen molar-refractivity contribution in [2.75, 3.05) is 0 Å². The molecule has 0 spiro atoms. The Balaban J connectivity index is 1.11. The van der Waals surface area contributed by atoms with Crippen LogP contribution in [-0.4, -0.2) is 0 Å². The molecule has 0 radical (unpaired) electrons. The fourth-order valence-electron chi connectivity index (χ4n) is 6.91. The average Bonchev–Trinajstić information content (AvgIpc) is 3.69. The molecule has 0 saturated carbocycles. The molecule has 0 N–H and O–H groups in total. The van der Waals surface area contributed by atoms with Crippen molar-refractivity contribution in [3.8, 4) is 22.6 Å². The van der Waals surface area contributed by atoms with Crippen LogP contribution in [0, 0.1) is 0 Å². The molecule has 0 unspecified atom stereocenters. The van der Waals surface area contributed by atoms with Crippen molar-refractivity contribution in [1.82, 2.24) is 0 Å². The quantitative estimate of drug-likeness (QED) is 0.197. The Hall–Kier alpha value is -5.86. The minimum absolute atomic E-state index is 0.889. The molecule has 0 saturated heterocycles. The summed E-state index contributed by atoms with van der Waals surface area (Å²) in [5.74, 6) is 1.78. The van der Waals surface area contributed by atoms with Crippen LogP contribution in [0.5, 0.6) is 0 Å². The standard InChI is InChI=1S/C42H24O2/c1-3-7-27-17-31(11-9-25(27)5-1)39-23-33-19-37-29(21-41(33)43-39)13-15-36-35(37)16-14-30-22-42-34(20-38(30)36)24-40(44-42)32-12-10-26-6-2-4-8-28(26)18-32/h1-24H. The van der Waals surface area contributed by atoms with E-state index in [1.165, 1.54) is 53.9 Å². The number of fused-ring (bicyclic) bond motifs is 9. The maximum atomic E-state index is 6.39. The molecule has 2 heteroatoms. The molecule has 0 amide bonds. The van der Waals surface area contributed by atoms with E-state index in [9.17, 15) is 0 Å². The molecular weight excluding hydrogens is 536 g/mol. The van der Waals surface area contributed by atoms with Gasteiger partial charge in [-0.15, -0.1) is 0 Å². The second-order valence-corrected chi connectivity index (χ2v) is 11.8. The van der Waals surface area contributed by atoms with E-state index in [-0.39, 0.29) is 0 Å². The smallest absolute Gasteiger partial charge is 0.135 e. The van der Waals surface area contributed by atoms with E-state index < -0.39 is 0 Å². The molecule has 8 aromatic carbocycles. The van der Waals surface area contributed by atoms with Gasteiger partial charge in [-0.25, -0.2) is 0 Å². The first-order chi connectivity index (χ1) is 21.7. The van der Waals surface area contributed by atoms with Crippen LogP contribution in [0.15, 0.2) is 154 Å². The van der Waals surface area contributed by atoms with E-state index in [2.05, 4.69) is 146 Å². The lowest BCUT2D eigenvalue weighted by atomic mass is 9.95. The predicted molar refractivity (Wildman–Crippen MR) is 184 cm³/mol. The predicted octanol–water partition coefficient (Wildman–Crippen LogP) is 12.3. The summed E-state index contributed by atoms with van der Waals surface area (Å²) < 4.78 is 12.8. The maximum absolute atomic E-state index is 6.39. The van der Waals surface area contributed by atoms with Gasteiger partial charge in [-0.2, -0.15) is 0 Å². The molecule has 44 heavy (non-hydrogen) atoms. The van der Waals surface area contributed by atoms with Gasteiger partial charge in [0.25, 0.3) is 0 Å². The Labute approximate surface area is 252 Å². The van der Waals surface area contributed by atoms with E-state index >= 15 is 0 Å². The topological polar surface area (TPSA) is 26.3 Å². The largest absolute Gasteiger partial charge is 0.456 e. The van der Waals surface area contributed by atoms with Gasteiger partial charge in [-0.05, 0) is 102 Å². The Morgan fingerprint density at radius 2 is 0.705 bits per heavy atom. The van der Waals surface area contributed by atoms with Crippen molar-refractivity contribution >= 4 is 75.8 Å². The van der Waals surface area contributed by atoms with Gasteiger partial charge in [0, 0.05) is 21.9 Å². The van der Waals surface area contributed by atoms with E-state index in [0.717, 1.165) is 44.6 Å². The first-order valence-corrected chi connectivity index (χ1v) is 15.0. The number of furan rings is 2. The molecule has 10 rings (SSSR count). The fourth-order valence-corrected chi connectivity index (χ4v) is 6.91. The highest BCUT2D eigenvalue weighted by Crippen LogP contribution is 2.39. The van der Waals surface area contributed by atoms with Crippen molar-refractivity contribution in [3.63, 3.8) is 0 Å². The zero-order valence-corrected chi connectivity index (χ0v) is 23.7. The molecule has 0 aliphatic heterocycles. The van der Waals surface area contributed by atoms with Crippen LogP contribution in [-0.2, 0) is 0 Å². The normalized spacial score (nSPS) is 12.1. The van der Waals surface area contributed by atoms with Crippen molar-refractivity contribution in [1.29, 1.82) is 0 Å². The highest BCUT2D eigenvalue weighted by molar-refractivity contribution is 6.20. The third kappa shape index (κ3) is 3.55. The van der Waals surface area contributed by atoms with Gasteiger partial charge in [0.2, 0.25) is 0 Å². The first kappa shape index (κ1) is 23.7. The number of benzene rings is 8. The molecule has 2 heterocycles. The maximum Gasteiger partial charge on any atom is 0.135 e. The van der Waals surface area contributed by atoms with Crippen LogP contribution in [0.1, 0.15) is 0 Å².